The van der Waals surface area contributed by atoms with Crippen LogP contribution in [0.4, 0.5) is 4.79 Å². The molecule has 0 spiro atoms. The number of benzene rings is 1. The Labute approximate surface area is 125 Å². The van der Waals surface area contributed by atoms with E-state index in [2.05, 4.69) is 5.32 Å². The average molecular weight is 290 g/mol. The zero-order valence-electron chi connectivity index (χ0n) is 12.8. The SMILES string of the molecule is CC(C)CC1(C)NC(=O)N(CCOc2ccccc2)C1=O. The molecule has 1 aliphatic heterocycles. The molecule has 0 saturated carbocycles. The molecule has 1 aromatic rings. The number of ether oxygens (including phenoxy) is 1. The van der Waals surface area contributed by atoms with Crippen molar-refractivity contribution in [3.63, 3.8) is 0 Å². The van der Waals surface area contributed by atoms with E-state index in [1.807, 2.05) is 44.2 Å². The van der Waals surface area contributed by atoms with Gasteiger partial charge in [-0.15, -0.1) is 0 Å². The summed E-state index contributed by atoms with van der Waals surface area (Å²) in [5, 5.41) is 2.79. The van der Waals surface area contributed by atoms with Crippen molar-refractivity contribution in [1.82, 2.24) is 10.2 Å². The number of amides is 3. The predicted octanol–water partition coefficient (Wildman–Crippen LogP) is 2.42. The van der Waals surface area contributed by atoms with Crippen molar-refractivity contribution in [2.45, 2.75) is 32.7 Å². The minimum Gasteiger partial charge on any atom is -0.492 e. The number of nitrogens with one attached hydrogen (secondary N) is 1. The molecule has 1 atom stereocenters. The maximum Gasteiger partial charge on any atom is 0.325 e. The van der Waals surface area contributed by atoms with Crippen LogP contribution in [0.3, 0.4) is 0 Å². The van der Waals surface area contributed by atoms with Gasteiger partial charge >= 0.3 is 6.03 Å². The molecule has 1 aromatic carbocycles. The van der Waals surface area contributed by atoms with Gasteiger partial charge < -0.3 is 10.1 Å². The maximum absolute atomic E-state index is 12.4. The van der Waals surface area contributed by atoms with Gasteiger partial charge in [0, 0.05) is 0 Å². The topological polar surface area (TPSA) is 58.6 Å². The third-order valence-electron chi connectivity index (χ3n) is 3.49. The summed E-state index contributed by atoms with van der Waals surface area (Å²) in [6, 6.07) is 9.01. The van der Waals surface area contributed by atoms with Gasteiger partial charge in [0.1, 0.15) is 17.9 Å². The van der Waals surface area contributed by atoms with Gasteiger partial charge in [0.05, 0.1) is 6.54 Å². The first-order valence-electron chi connectivity index (χ1n) is 7.24. The standard InChI is InChI=1S/C16H22N2O3/c1-12(2)11-16(3)14(19)18(15(20)17-16)9-10-21-13-7-5-4-6-8-13/h4-8,12H,9-11H2,1-3H3,(H,17,20). The first-order valence-corrected chi connectivity index (χ1v) is 7.24. The first kappa shape index (κ1) is 15.4. The van der Waals surface area contributed by atoms with E-state index in [4.69, 9.17) is 4.74 Å². The first-order chi connectivity index (χ1) is 9.92. The predicted molar refractivity (Wildman–Crippen MR) is 80.0 cm³/mol. The number of carbonyl (C=O) groups excluding carboxylic acids is 2. The van der Waals surface area contributed by atoms with Crippen LogP contribution in [0.1, 0.15) is 27.2 Å². The Morgan fingerprint density at radius 3 is 2.52 bits per heavy atom. The average Bonchev–Trinajstić information content (AvgIpc) is 2.62. The number of rotatable bonds is 6. The second-order valence-electron chi connectivity index (χ2n) is 5.98. The van der Waals surface area contributed by atoms with Crippen molar-refractivity contribution >= 4 is 11.9 Å². The Hall–Kier alpha value is -2.04. The Balaban J connectivity index is 1.92. The Kier molecular flexibility index (Phi) is 4.50. The van der Waals surface area contributed by atoms with Crippen LogP contribution in [0.2, 0.25) is 0 Å². The van der Waals surface area contributed by atoms with Gasteiger partial charge in [-0.2, -0.15) is 0 Å². The monoisotopic (exact) mass is 290 g/mol. The number of carbonyl (C=O) groups is 2. The molecule has 3 amide bonds. The highest BCUT2D eigenvalue weighted by molar-refractivity contribution is 6.06. The molecule has 1 unspecified atom stereocenters. The molecule has 1 fully saturated rings. The van der Waals surface area contributed by atoms with Crippen LogP contribution in [0.25, 0.3) is 0 Å². The van der Waals surface area contributed by atoms with Crippen molar-refractivity contribution in [1.29, 1.82) is 0 Å². The van der Waals surface area contributed by atoms with E-state index in [1.165, 1.54) is 4.90 Å². The van der Waals surface area contributed by atoms with Gasteiger partial charge in [-0.05, 0) is 31.4 Å². The number of urea groups is 1. The molecule has 0 radical (unpaired) electrons. The summed E-state index contributed by atoms with van der Waals surface area (Å²) < 4.78 is 5.54. The van der Waals surface area contributed by atoms with Crippen LogP contribution in [-0.4, -0.2) is 35.5 Å². The lowest BCUT2D eigenvalue weighted by Gasteiger charge is -2.23. The van der Waals surface area contributed by atoms with E-state index in [9.17, 15) is 9.59 Å². The van der Waals surface area contributed by atoms with Gasteiger partial charge in [0.15, 0.2) is 0 Å². The molecule has 1 aliphatic rings. The Morgan fingerprint density at radius 1 is 1.24 bits per heavy atom. The van der Waals surface area contributed by atoms with Crippen LogP contribution in [0.15, 0.2) is 30.3 Å². The second kappa shape index (κ2) is 6.16. The van der Waals surface area contributed by atoms with E-state index in [0.717, 1.165) is 5.75 Å². The highest BCUT2D eigenvalue weighted by Crippen LogP contribution is 2.24. The van der Waals surface area contributed by atoms with Crippen LogP contribution >= 0.6 is 0 Å². The Bertz CT molecular complexity index is 516. The lowest BCUT2D eigenvalue weighted by Crippen LogP contribution is -2.45. The van der Waals surface area contributed by atoms with Crippen molar-refractivity contribution in [2.24, 2.45) is 5.92 Å². The third-order valence-corrected chi connectivity index (χ3v) is 3.49. The van der Waals surface area contributed by atoms with Crippen LogP contribution in [0, 0.1) is 5.92 Å². The van der Waals surface area contributed by atoms with Crippen LogP contribution < -0.4 is 10.1 Å². The minimum atomic E-state index is -0.794. The minimum absolute atomic E-state index is 0.169. The van der Waals surface area contributed by atoms with E-state index < -0.39 is 5.54 Å². The number of imide groups is 1. The fourth-order valence-corrected chi connectivity index (χ4v) is 2.68. The quantitative estimate of drug-likeness (QED) is 0.819. The lowest BCUT2D eigenvalue weighted by atomic mass is 9.91. The van der Waals surface area contributed by atoms with Gasteiger partial charge in [-0.25, -0.2) is 4.79 Å². The van der Waals surface area contributed by atoms with Crippen LogP contribution in [0.5, 0.6) is 5.75 Å². The molecule has 2 rings (SSSR count). The molecule has 5 heteroatoms. The largest absolute Gasteiger partial charge is 0.492 e. The number of hydrogen-bond acceptors (Lipinski definition) is 3. The zero-order valence-corrected chi connectivity index (χ0v) is 12.8. The normalized spacial score (nSPS) is 21.8. The van der Waals surface area contributed by atoms with E-state index >= 15 is 0 Å². The van der Waals surface area contributed by atoms with Gasteiger partial charge in [0.25, 0.3) is 5.91 Å². The molecule has 1 saturated heterocycles. The summed E-state index contributed by atoms with van der Waals surface area (Å²) in [6.07, 6.45) is 0.633. The lowest BCUT2D eigenvalue weighted by molar-refractivity contribution is -0.131. The number of hydrogen-bond donors (Lipinski definition) is 1. The van der Waals surface area contributed by atoms with Crippen molar-refractivity contribution in [3.8, 4) is 5.75 Å². The molecule has 21 heavy (non-hydrogen) atoms. The number of nitrogens with zero attached hydrogens (tertiary/aromatic N) is 1. The third kappa shape index (κ3) is 3.54. The Morgan fingerprint density at radius 2 is 1.90 bits per heavy atom. The van der Waals surface area contributed by atoms with E-state index in [1.54, 1.807) is 6.92 Å². The highest BCUT2D eigenvalue weighted by atomic mass is 16.5. The van der Waals surface area contributed by atoms with Crippen molar-refractivity contribution in [3.05, 3.63) is 30.3 Å². The molecule has 0 bridgehead atoms. The summed E-state index contributed by atoms with van der Waals surface area (Å²) >= 11 is 0. The van der Waals surface area contributed by atoms with E-state index in [0.29, 0.717) is 18.9 Å². The zero-order chi connectivity index (χ0) is 15.5. The fourth-order valence-electron chi connectivity index (χ4n) is 2.68. The molecule has 0 aromatic heterocycles. The molecule has 5 nitrogen and oxygen atoms in total. The smallest absolute Gasteiger partial charge is 0.325 e. The summed E-state index contributed by atoms with van der Waals surface area (Å²) in [5.41, 5.74) is -0.794. The molecule has 1 heterocycles. The summed E-state index contributed by atoms with van der Waals surface area (Å²) in [6.45, 7) is 6.40. The van der Waals surface area contributed by atoms with E-state index in [-0.39, 0.29) is 18.5 Å². The molecule has 114 valence electrons. The molecule has 0 aliphatic carbocycles. The highest BCUT2D eigenvalue weighted by Gasteiger charge is 2.47. The number of para-hydroxylation sites is 1. The summed E-state index contributed by atoms with van der Waals surface area (Å²) in [5.74, 6) is 0.895. The van der Waals surface area contributed by atoms with Gasteiger partial charge in [-0.1, -0.05) is 32.0 Å². The van der Waals surface area contributed by atoms with Gasteiger partial charge in [-0.3, -0.25) is 9.69 Å². The fraction of sp³-hybridized carbons (Fsp3) is 0.500. The second-order valence-corrected chi connectivity index (χ2v) is 5.98. The molecular weight excluding hydrogens is 268 g/mol. The summed E-state index contributed by atoms with van der Waals surface area (Å²) in [4.78, 5) is 25.6. The van der Waals surface area contributed by atoms with Crippen molar-refractivity contribution < 1.29 is 14.3 Å². The molecule has 1 N–H and O–H groups in total. The van der Waals surface area contributed by atoms with Crippen molar-refractivity contribution in [2.75, 3.05) is 13.2 Å². The van der Waals surface area contributed by atoms with Gasteiger partial charge in [0.2, 0.25) is 0 Å². The summed E-state index contributed by atoms with van der Waals surface area (Å²) in [7, 11) is 0. The maximum atomic E-state index is 12.4. The molecular formula is C16H22N2O3. The van der Waals surface area contributed by atoms with Crippen LogP contribution in [-0.2, 0) is 4.79 Å².